The summed E-state index contributed by atoms with van der Waals surface area (Å²) < 4.78 is 34.7. The predicted molar refractivity (Wildman–Crippen MR) is 114 cm³/mol. The van der Waals surface area contributed by atoms with Gasteiger partial charge in [-0.25, -0.2) is 13.8 Å². The Bertz CT molecular complexity index is 1360. The fourth-order valence-electron chi connectivity index (χ4n) is 3.81. The monoisotopic (exact) mass is 468 g/mol. The van der Waals surface area contributed by atoms with Crippen molar-refractivity contribution in [2.45, 2.75) is 5.92 Å². The maximum atomic E-state index is 14.6. The number of aromatic nitrogens is 4. The van der Waals surface area contributed by atoms with Gasteiger partial charge in [-0.1, -0.05) is 12.1 Å². The van der Waals surface area contributed by atoms with Gasteiger partial charge < -0.3 is 9.72 Å². The van der Waals surface area contributed by atoms with Gasteiger partial charge in [-0.15, -0.1) is 0 Å². The summed E-state index contributed by atoms with van der Waals surface area (Å²) in [5.41, 5.74) is 3.15. The highest BCUT2D eigenvalue weighted by Gasteiger charge is 2.28. The van der Waals surface area contributed by atoms with E-state index in [-0.39, 0.29) is 9.99 Å². The van der Waals surface area contributed by atoms with Gasteiger partial charge in [0.15, 0.2) is 5.82 Å². The number of benzene rings is 3. The lowest BCUT2D eigenvalue weighted by molar-refractivity contribution is 0.407. The third kappa shape index (κ3) is 2.95. The molecular formula is C22H15BrF2N4O. The molecule has 0 aliphatic carbocycles. The highest BCUT2D eigenvalue weighted by atomic mass is 79.9. The minimum atomic E-state index is -0.556. The van der Waals surface area contributed by atoms with Crippen molar-refractivity contribution in [3.05, 3.63) is 87.8 Å². The van der Waals surface area contributed by atoms with Gasteiger partial charge in [0.2, 0.25) is 0 Å². The highest BCUT2D eigenvalue weighted by Crippen LogP contribution is 2.41. The van der Waals surface area contributed by atoms with Crippen molar-refractivity contribution < 1.29 is 13.5 Å². The van der Waals surface area contributed by atoms with Crippen molar-refractivity contribution in [2.75, 3.05) is 7.11 Å². The van der Waals surface area contributed by atoms with Gasteiger partial charge in [0.25, 0.3) is 0 Å². The van der Waals surface area contributed by atoms with Crippen LogP contribution in [0, 0.1) is 11.6 Å². The molecule has 5 rings (SSSR count). The molecule has 2 heterocycles. The molecule has 30 heavy (non-hydrogen) atoms. The number of imidazole rings is 1. The number of para-hydroxylation sites is 2. The average Bonchev–Trinajstić information content (AvgIpc) is 3.39. The normalized spacial score (nSPS) is 12.5. The molecule has 5 aromatic rings. The van der Waals surface area contributed by atoms with Gasteiger partial charge in [-0.05, 0) is 57.9 Å². The van der Waals surface area contributed by atoms with E-state index in [0.29, 0.717) is 28.1 Å². The lowest BCUT2D eigenvalue weighted by Gasteiger charge is -2.20. The number of hydrogen-bond acceptors (Lipinski definition) is 3. The van der Waals surface area contributed by atoms with Crippen molar-refractivity contribution in [1.82, 2.24) is 20.2 Å². The Morgan fingerprint density at radius 1 is 1.07 bits per heavy atom. The summed E-state index contributed by atoms with van der Waals surface area (Å²) in [7, 11) is 1.53. The van der Waals surface area contributed by atoms with Crippen LogP contribution in [0.5, 0.6) is 5.75 Å². The van der Waals surface area contributed by atoms with Crippen LogP contribution in [-0.4, -0.2) is 27.3 Å². The molecule has 0 saturated carbocycles. The van der Waals surface area contributed by atoms with Crippen LogP contribution in [0.4, 0.5) is 8.78 Å². The number of halogens is 3. The molecule has 5 nitrogen and oxygen atoms in total. The topological polar surface area (TPSA) is 66.6 Å². The van der Waals surface area contributed by atoms with Crippen molar-refractivity contribution >= 4 is 37.9 Å². The first-order chi connectivity index (χ1) is 14.6. The summed E-state index contributed by atoms with van der Waals surface area (Å²) in [6.45, 7) is 0. The summed E-state index contributed by atoms with van der Waals surface area (Å²) in [4.78, 5) is 8.07. The van der Waals surface area contributed by atoms with Crippen molar-refractivity contribution in [2.24, 2.45) is 0 Å². The molecular weight excluding hydrogens is 454 g/mol. The number of nitrogens with zero attached hydrogens (tertiary/aromatic N) is 2. The molecule has 0 aliphatic heterocycles. The van der Waals surface area contributed by atoms with E-state index in [4.69, 9.17) is 9.72 Å². The van der Waals surface area contributed by atoms with Crippen LogP contribution in [0.2, 0.25) is 0 Å². The van der Waals surface area contributed by atoms with Crippen LogP contribution < -0.4 is 4.74 Å². The lowest BCUT2D eigenvalue weighted by atomic mass is 9.87. The fraction of sp³-hybridized carbons (Fsp3) is 0.0909. The van der Waals surface area contributed by atoms with E-state index in [0.717, 1.165) is 11.0 Å². The highest BCUT2D eigenvalue weighted by molar-refractivity contribution is 9.10. The number of nitrogens with one attached hydrogen (secondary N) is 2. The van der Waals surface area contributed by atoms with Crippen LogP contribution in [0.25, 0.3) is 21.9 Å². The van der Waals surface area contributed by atoms with Crippen LogP contribution in [0.15, 0.2) is 59.2 Å². The van der Waals surface area contributed by atoms with E-state index in [2.05, 4.69) is 31.1 Å². The molecule has 2 aromatic heterocycles. The standard InChI is InChI=1S/C22H15BrF2N4O/c1-30-18-7-6-11(24)8-13(18)19(22-27-16-4-2-3-5-17(16)28-22)12-9-15(23)20(25)21-14(12)10-26-29-21/h2-10,19H,1H3,(H,26,29)(H,27,28). The summed E-state index contributed by atoms with van der Waals surface area (Å²) in [5.74, 6) is -0.322. The van der Waals surface area contributed by atoms with Gasteiger partial charge in [-0.3, -0.25) is 5.10 Å². The van der Waals surface area contributed by atoms with Crippen molar-refractivity contribution in [3.63, 3.8) is 0 Å². The Labute approximate surface area is 178 Å². The Hall–Kier alpha value is -3.26. The zero-order chi connectivity index (χ0) is 20.8. The number of hydrogen-bond donors (Lipinski definition) is 2. The van der Waals surface area contributed by atoms with Crippen LogP contribution >= 0.6 is 15.9 Å². The van der Waals surface area contributed by atoms with Crippen molar-refractivity contribution in [3.8, 4) is 5.75 Å². The van der Waals surface area contributed by atoms with Gasteiger partial charge in [-0.2, -0.15) is 5.10 Å². The molecule has 0 amide bonds. The number of ether oxygens (including phenoxy) is 1. The van der Waals surface area contributed by atoms with E-state index < -0.39 is 17.6 Å². The number of aromatic amines is 2. The van der Waals surface area contributed by atoms with E-state index in [1.807, 2.05) is 24.3 Å². The maximum Gasteiger partial charge on any atom is 0.163 e. The third-order valence-corrected chi connectivity index (χ3v) is 5.73. The van der Waals surface area contributed by atoms with Gasteiger partial charge in [0.05, 0.1) is 34.7 Å². The summed E-state index contributed by atoms with van der Waals surface area (Å²) >= 11 is 3.29. The molecule has 1 atom stereocenters. The smallest absolute Gasteiger partial charge is 0.163 e. The Balaban J connectivity index is 1.86. The minimum absolute atomic E-state index is 0.260. The molecule has 8 heteroatoms. The Kier molecular flexibility index (Phi) is 4.51. The SMILES string of the molecule is COc1ccc(F)cc1C(c1nc2ccccc2[nH]1)c1cc(Br)c(F)c2[nH]ncc12. The molecule has 2 N–H and O–H groups in total. The first-order valence-corrected chi connectivity index (χ1v) is 9.95. The van der Waals surface area contributed by atoms with E-state index in [1.165, 1.54) is 19.2 Å². The van der Waals surface area contributed by atoms with Gasteiger partial charge >= 0.3 is 0 Å². The van der Waals surface area contributed by atoms with Gasteiger partial charge in [0.1, 0.15) is 22.9 Å². The van der Waals surface area contributed by atoms with E-state index >= 15 is 0 Å². The summed E-state index contributed by atoms with van der Waals surface area (Å²) in [5, 5.41) is 7.29. The molecule has 0 spiro atoms. The summed E-state index contributed by atoms with van der Waals surface area (Å²) in [6.07, 6.45) is 1.56. The molecule has 0 saturated heterocycles. The van der Waals surface area contributed by atoms with Gasteiger partial charge in [0, 0.05) is 10.9 Å². The second-order valence-corrected chi connectivity index (χ2v) is 7.73. The molecule has 150 valence electrons. The Morgan fingerprint density at radius 3 is 2.70 bits per heavy atom. The molecule has 3 aromatic carbocycles. The van der Waals surface area contributed by atoms with Crippen LogP contribution in [0.1, 0.15) is 22.9 Å². The van der Waals surface area contributed by atoms with Crippen molar-refractivity contribution in [1.29, 1.82) is 0 Å². The quantitative estimate of drug-likeness (QED) is 0.357. The van der Waals surface area contributed by atoms with Crippen LogP contribution in [0.3, 0.4) is 0 Å². The molecule has 0 aliphatic rings. The first kappa shape index (κ1) is 18.7. The number of methoxy groups -OCH3 is 1. The Morgan fingerprint density at radius 2 is 1.90 bits per heavy atom. The second-order valence-electron chi connectivity index (χ2n) is 6.88. The largest absolute Gasteiger partial charge is 0.496 e. The first-order valence-electron chi connectivity index (χ1n) is 9.16. The van der Waals surface area contributed by atoms with E-state index in [1.54, 1.807) is 18.3 Å². The number of fused-ring (bicyclic) bond motifs is 2. The third-order valence-electron chi connectivity index (χ3n) is 5.16. The fourth-order valence-corrected chi connectivity index (χ4v) is 4.26. The van der Waals surface area contributed by atoms with Crippen LogP contribution in [-0.2, 0) is 0 Å². The summed E-state index contributed by atoms with van der Waals surface area (Å²) in [6, 6.07) is 13.6. The minimum Gasteiger partial charge on any atom is -0.496 e. The molecule has 0 bridgehead atoms. The van der Waals surface area contributed by atoms with E-state index in [9.17, 15) is 8.78 Å². The lowest BCUT2D eigenvalue weighted by Crippen LogP contribution is -2.09. The predicted octanol–water partition coefficient (Wildman–Crippen LogP) is 5.67. The average molecular weight is 469 g/mol. The molecule has 0 fully saturated rings. The molecule has 1 unspecified atom stereocenters. The zero-order valence-corrected chi connectivity index (χ0v) is 17.3. The number of rotatable bonds is 4. The molecule has 0 radical (unpaired) electrons. The maximum absolute atomic E-state index is 14.6. The number of H-pyrrole nitrogens is 2. The zero-order valence-electron chi connectivity index (χ0n) is 15.7. The second kappa shape index (κ2) is 7.21.